The number of carbonyl (C=O) groups is 1. The molecule has 0 aromatic heterocycles. The van der Waals surface area contributed by atoms with Gasteiger partial charge in [-0.25, -0.2) is 0 Å². The third-order valence-electron chi connectivity index (χ3n) is 2.10. The Kier molecular flexibility index (Phi) is 4.78. The van der Waals surface area contributed by atoms with E-state index in [-0.39, 0.29) is 5.91 Å². The number of carbonyl (C=O) groups excluding carboxylic acids is 1. The third kappa shape index (κ3) is 3.32. The quantitative estimate of drug-likeness (QED) is 0.818. The fourth-order valence-electron chi connectivity index (χ4n) is 1.22. The van der Waals surface area contributed by atoms with Crippen LogP contribution in [0.2, 0.25) is 0 Å². The highest BCUT2D eigenvalue weighted by atomic mass is 79.9. The lowest BCUT2D eigenvalue weighted by atomic mass is 10.1. The lowest BCUT2D eigenvalue weighted by molar-refractivity contribution is 0.0953. The number of likely N-dealkylation sites (N-methyl/N-ethyl adjacent to an activating group) is 1. The van der Waals surface area contributed by atoms with Crippen LogP contribution in [0.25, 0.3) is 0 Å². The maximum Gasteiger partial charge on any atom is 0.252 e. The third-order valence-corrected chi connectivity index (χ3v) is 3.15. The fourth-order valence-corrected chi connectivity index (χ4v) is 1.66. The summed E-state index contributed by atoms with van der Waals surface area (Å²) in [5, 5.41) is 5.81. The zero-order chi connectivity index (χ0) is 11.3. The molecule has 0 heterocycles. The standard InChI is InChI=1S/C11H15BrN2O/c1-8-4-3-5-9(10(8)12)11(15)14-7-6-13-2/h3-5,13H,6-7H2,1-2H3,(H,14,15). The number of benzene rings is 1. The van der Waals surface area contributed by atoms with E-state index in [0.717, 1.165) is 16.6 Å². The largest absolute Gasteiger partial charge is 0.351 e. The van der Waals surface area contributed by atoms with E-state index in [2.05, 4.69) is 26.6 Å². The van der Waals surface area contributed by atoms with Crippen molar-refractivity contribution in [1.29, 1.82) is 0 Å². The molecule has 1 rings (SSSR count). The highest BCUT2D eigenvalue weighted by Crippen LogP contribution is 2.20. The first-order valence-electron chi connectivity index (χ1n) is 4.84. The molecule has 0 bridgehead atoms. The fraction of sp³-hybridized carbons (Fsp3) is 0.364. The van der Waals surface area contributed by atoms with Crippen LogP contribution in [0.15, 0.2) is 22.7 Å². The Labute approximate surface area is 98.4 Å². The summed E-state index contributed by atoms with van der Waals surface area (Å²) in [6, 6.07) is 5.66. The van der Waals surface area contributed by atoms with Crippen LogP contribution in [-0.2, 0) is 0 Å². The van der Waals surface area contributed by atoms with Crippen LogP contribution in [0.1, 0.15) is 15.9 Å². The Hall–Kier alpha value is -0.870. The van der Waals surface area contributed by atoms with Crippen molar-refractivity contribution in [1.82, 2.24) is 10.6 Å². The van der Waals surface area contributed by atoms with E-state index in [9.17, 15) is 4.79 Å². The molecular formula is C11H15BrN2O. The Bertz CT molecular complexity index is 352. The summed E-state index contributed by atoms with van der Waals surface area (Å²) in [5.74, 6) is -0.0409. The maximum absolute atomic E-state index is 11.7. The highest BCUT2D eigenvalue weighted by molar-refractivity contribution is 9.10. The molecule has 0 saturated heterocycles. The number of aryl methyl sites for hydroxylation is 1. The number of hydrogen-bond acceptors (Lipinski definition) is 2. The first kappa shape index (κ1) is 12.2. The van der Waals surface area contributed by atoms with Gasteiger partial charge in [-0.1, -0.05) is 12.1 Å². The van der Waals surface area contributed by atoms with Crippen LogP contribution in [0.5, 0.6) is 0 Å². The molecule has 0 spiro atoms. The van der Waals surface area contributed by atoms with Crippen molar-refractivity contribution in [3.8, 4) is 0 Å². The van der Waals surface area contributed by atoms with Crippen LogP contribution < -0.4 is 10.6 Å². The molecule has 15 heavy (non-hydrogen) atoms. The summed E-state index contributed by atoms with van der Waals surface area (Å²) in [7, 11) is 1.86. The minimum Gasteiger partial charge on any atom is -0.351 e. The zero-order valence-corrected chi connectivity index (χ0v) is 10.5. The van der Waals surface area contributed by atoms with Crippen molar-refractivity contribution < 1.29 is 4.79 Å². The molecule has 0 fully saturated rings. The smallest absolute Gasteiger partial charge is 0.252 e. The topological polar surface area (TPSA) is 41.1 Å². The molecule has 0 aliphatic carbocycles. The summed E-state index contributed by atoms with van der Waals surface area (Å²) in [6.45, 7) is 3.37. The summed E-state index contributed by atoms with van der Waals surface area (Å²) < 4.78 is 0.868. The predicted octanol–water partition coefficient (Wildman–Crippen LogP) is 1.71. The molecule has 0 saturated carbocycles. The van der Waals surface area contributed by atoms with E-state index in [0.29, 0.717) is 12.1 Å². The first-order chi connectivity index (χ1) is 7.16. The average Bonchev–Trinajstić information content (AvgIpc) is 2.22. The molecule has 0 atom stereocenters. The first-order valence-corrected chi connectivity index (χ1v) is 5.64. The van der Waals surface area contributed by atoms with Gasteiger partial charge in [0.1, 0.15) is 0 Å². The molecule has 0 aliphatic rings. The minimum absolute atomic E-state index is 0.0409. The molecule has 1 aromatic rings. The maximum atomic E-state index is 11.7. The second kappa shape index (κ2) is 5.88. The van der Waals surface area contributed by atoms with Crippen LogP contribution in [0.3, 0.4) is 0 Å². The van der Waals surface area contributed by atoms with E-state index in [4.69, 9.17) is 0 Å². The van der Waals surface area contributed by atoms with Crippen LogP contribution >= 0.6 is 15.9 Å². The second-order valence-corrected chi connectivity index (χ2v) is 4.09. The van der Waals surface area contributed by atoms with Gasteiger partial charge in [0.05, 0.1) is 5.56 Å². The van der Waals surface area contributed by atoms with Crippen LogP contribution in [0, 0.1) is 6.92 Å². The molecule has 3 nitrogen and oxygen atoms in total. The number of rotatable bonds is 4. The highest BCUT2D eigenvalue weighted by Gasteiger charge is 2.09. The summed E-state index contributed by atoms with van der Waals surface area (Å²) in [5.41, 5.74) is 1.75. The van der Waals surface area contributed by atoms with Gasteiger partial charge >= 0.3 is 0 Å². The molecule has 4 heteroatoms. The Morgan fingerprint density at radius 2 is 2.13 bits per heavy atom. The molecule has 0 aliphatic heterocycles. The summed E-state index contributed by atoms with van der Waals surface area (Å²) in [6.07, 6.45) is 0. The van der Waals surface area contributed by atoms with E-state index < -0.39 is 0 Å². The average molecular weight is 271 g/mol. The van der Waals surface area contributed by atoms with Crippen molar-refractivity contribution in [3.05, 3.63) is 33.8 Å². The van der Waals surface area contributed by atoms with Gasteiger partial charge in [0.25, 0.3) is 5.91 Å². The van der Waals surface area contributed by atoms with Gasteiger partial charge in [-0.15, -0.1) is 0 Å². The van der Waals surface area contributed by atoms with E-state index in [1.807, 2.05) is 32.2 Å². The Balaban J connectivity index is 2.69. The number of amides is 1. The van der Waals surface area contributed by atoms with Gasteiger partial charge in [0, 0.05) is 17.6 Å². The lowest BCUT2D eigenvalue weighted by Crippen LogP contribution is -2.30. The Morgan fingerprint density at radius 1 is 1.40 bits per heavy atom. The van der Waals surface area contributed by atoms with Crippen molar-refractivity contribution in [3.63, 3.8) is 0 Å². The monoisotopic (exact) mass is 270 g/mol. The van der Waals surface area contributed by atoms with E-state index in [1.54, 1.807) is 0 Å². The number of nitrogens with one attached hydrogen (secondary N) is 2. The summed E-state index contributed by atoms with van der Waals surface area (Å²) >= 11 is 3.41. The minimum atomic E-state index is -0.0409. The van der Waals surface area contributed by atoms with Gasteiger partial charge in [-0.05, 0) is 41.5 Å². The molecule has 0 radical (unpaired) electrons. The number of hydrogen-bond donors (Lipinski definition) is 2. The molecule has 82 valence electrons. The second-order valence-electron chi connectivity index (χ2n) is 3.30. The van der Waals surface area contributed by atoms with Crippen molar-refractivity contribution in [2.75, 3.05) is 20.1 Å². The van der Waals surface area contributed by atoms with Crippen molar-refractivity contribution in [2.45, 2.75) is 6.92 Å². The SMILES string of the molecule is CNCCNC(=O)c1cccc(C)c1Br. The van der Waals surface area contributed by atoms with Gasteiger partial charge in [0.2, 0.25) is 0 Å². The zero-order valence-electron chi connectivity index (χ0n) is 8.93. The number of halogens is 1. The van der Waals surface area contributed by atoms with Crippen molar-refractivity contribution >= 4 is 21.8 Å². The van der Waals surface area contributed by atoms with Gasteiger partial charge in [-0.3, -0.25) is 4.79 Å². The van der Waals surface area contributed by atoms with Gasteiger partial charge < -0.3 is 10.6 Å². The normalized spacial score (nSPS) is 10.1. The molecule has 2 N–H and O–H groups in total. The van der Waals surface area contributed by atoms with Gasteiger partial charge in [0.15, 0.2) is 0 Å². The van der Waals surface area contributed by atoms with Crippen LogP contribution in [0.4, 0.5) is 0 Å². The van der Waals surface area contributed by atoms with Crippen LogP contribution in [-0.4, -0.2) is 26.0 Å². The van der Waals surface area contributed by atoms with Crippen molar-refractivity contribution in [2.24, 2.45) is 0 Å². The van der Waals surface area contributed by atoms with Gasteiger partial charge in [-0.2, -0.15) is 0 Å². The molecule has 0 unspecified atom stereocenters. The Morgan fingerprint density at radius 3 is 2.80 bits per heavy atom. The predicted molar refractivity (Wildman–Crippen MR) is 65.1 cm³/mol. The molecular weight excluding hydrogens is 256 g/mol. The summed E-state index contributed by atoms with van der Waals surface area (Å²) in [4.78, 5) is 11.7. The lowest BCUT2D eigenvalue weighted by Gasteiger charge is -2.07. The molecule has 1 aromatic carbocycles. The van der Waals surface area contributed by atoms with E-state index >= 15 is 0 Å². The van der Waals surface area contributed by atoms with E-state index in [1.165, 1.54) is 0 Å². The molecule has 1 amide bonds.